The Balaban J connectivity index is 1.85. The molecule has 2 fully saturated rings. The van der Waals surface area contributed by atoms with Gasteiger partial charge in [-0.25, -0.2) is 4.79 Å². The number of aryl methyl sites for hydroxylation is 1. The Labute approximate surface area is 132 Å². The SMILES string of the molecule is CCc1oc(C(=O)N2CCSC3COCCC32)cc1C(=O)O. The predicted molar refractivity (Wildman–Crippen MR) is 81.6 cm³/mol. The van der Waals surface area contributed by atoms with Gasteiger partial charge in [-0.3, -0.25) is 4.79 Å². The highest BCUT2D eigenvalue weighted by molar-refractivity contribution is 8.00. The Hall–Kier alpha value is -1.47. The van der Waals surface area contributed by atoms with E-state index in [1.807, 2.05) is 23.6 Å². The monoisotopic (exact) mass is 325 g/mol. The summed E-state index contributed by atoms with van der Waals surface area (Å²) in [5, 5.41) is 9.48. The van der Waals surface area contributed by atoms with Crippen LogP contribution < -0.4 is 0 Å². The number of carbonyl (C=O) groups is 2. The molecule has 0 bridgehead atoms. The lowest BCUT2D eigenvalue weighted by molar-refractivity contribution is 0.0300. The van der Waals surface area contributed by atoms with Crippen molar-refractivity contribution in [3.8, 4) is 0 Å². The molecule has 3 rings (SSSR count). The maximum Gasteiger partial charge on any atom is 0.339 e. The highest BCUT2D eigenvalue weighted by Gasteiger charge is 2.38. The van der Waals surface area contributed by atoms with E-state index in [1.54, 1.807) is 0 Å². The van der Waals surface area contributed by atoms with Crippen molar-refractivity contribution in [3.05, 3.63) is 23.2 Å². The highest BCUT2D eigenvalue weighted by atomic mass is 32.2. The zero-order valence-electron chi connectivity index (χ0n) is 12.4. The van der Waals surface area contributed by atoms with Crippen molar-refractivity contribution in [1.82, 2.24) is 4.90 Å². The number of furan rings is 1. The van der Waals surface area contributed by atoms with Crippen LogP contribution in [0.15, 0.2) is 10.5 Å². The van der Waals surface area contributed by atoms with Crippen molar-refractivity contribution in [3.63, 3.8) is 0 Å². The number of rotatable bonds is 3. The van der Waals surface area contributed by atoms with Gasteiger partial charge < -0.3 is 19.2 Å². The molecule has 1 amide bonds. The first kappa shape index (κ1) is 15.4. The first-order valence-corrected chi connectivity index (χ1v) is 8.53. The van der Waals surface area contributed by atoms with E-state index < -0.39 is 5.97 Å². The maximum atomic E-state index is 12.7. The molecule has 2 saturated heterocycles. The second-order valence-electron chi connectivity index (χ2n) is 5.44. The smallest absolute Gasteiger partial charge is 0.339 e. The predicted octanol–water partition coefficient (Wildman–Crippen LogP) is 1.89. The molecular weight excluding hydrogens is 306 g/mol. The molecule has 0 radical (unpaired) electrons. The molecule has 2 atom stereocenters. The fourth-order valence-electron chi connectivity index (χ4n) is 3.06. The van der Waals surface area contributed by atoms with E-state index in [9.17, 15) is 14.7 Å². The average molecular weight is 325 g/mol. The lowest BCUT2D eigenvalue weighted by Crippen LogP contribution is -2.54. The zero-order valence-corrected chi connectivity index (χ0v) is 13.2. The zero-order chi connectivity index (χ0) is 15.7. The number of hydrogen-bond acceptors (Lipinski definition) is 5. The van der Waals surface area contributed by atoms with E-state index in [2.05, 4.69) is 0 Å². The van der Waals surface area contributed by atoms with Gasteiger partial charge in [-0.05, 0) is 6.42 Å². The lowest BCUT2D eigenvalue weighted by atomic mass is 10.1. The van der Waals surface area contributed by atoms with Crippen molar-refractivity contribution < 1.29 is 23.8 Å². The number of carboxylic acids is 1. The molecule has 2 unspecified atom stereocenters. The molecule has 3 heterocycles. The van der Waals surface area contributed by atoms with Crippen LogP contribution >= 0.6 is 11.8 Å². The summed E-state index contributed by atoms with van der Waals surface area (Å²) in [6.45, 7) is 3.79. The van der Waals surface area contributed by atoms with Crippen LogP contribution in [-0.2, 0) is 11.2 Å². The van der Waals surface area contributed by atoms with Gasteiger partial charge in [-0.2, -0.15) is 11.8 Å². The minimum absolute atomic E-state index is 0.0840. The van der Waals surface area contributed by atoms with Crippen molar-refractivity contribution in [2.75, 3.05) is 25.5 Å². The molecule has 1 aromatic heterocycles. The third-order valence-electron chi connectivity index (χ3n) is 4.17. The summed E-state index contributed by atoms with van der Waals surface area (Å²) in [7, 11) is 0. The number of nitrogens with zero attached hydrogens (tertiary/aromatic N) is 1. The van der Waals surface area contributed by atoms with Gasteiger partial charge in [0.05, 0.1) is 6.61 Å². The Bertz CT molecular complexity index is 582. The lowest BCUT2D eigenvalue weighted by Gasteiger charge is -2.42. The number of ether oxygens (including phenoxy) is 1. The molecule has 2 aliphatic rings. The number of aromatic carboxylic acids is 1. The summed E-state index contributed by atoms with van der Waals surface area (Å²) in [4.78, 5) is 25.8. The van der Waals surface area contributed by atoms with Gasteiger partial charge >= 0.3 is 5.97 Å². The van der Waals surface area contributed by atoms with Gasteiger partial charge in [0.25, 0.3) is 5.91 Å². The second kappa shape index (κ2) is 6.34. The largest absolute Gasteiger partial charge is 0.478 e. The first-order chi connectivity index (χ1) is 10.6. The summed E-state index contributed by atoms with van der Waals surface area (Å²) in [5.41, 5.74) is 0.0840. The van der Waals surface area contributed by atoms with Crippen LogP contribution in [0, 0.1) is 0 Å². The van der Waals surface area contributed by atoms with Gasteiger partial charge in [0.2, 0.25) is 0 Å². The summed E-state index contributed by atoms with van der Waals surface area (Å²) >= 11 is 1.84. The average Bonchev–Trinajstić information content (AvgIpc) is 2.98. The molecule has 0 aromatic carbocycles. The van der Waals surface area contributed by atoms with Crippen LogP contribution in [0.2, 0.25) is 0 Å². The van der Waals surface area contributed by atoms with E-state index in [-0.39, 0.29) is 23.3 Å². The van der Waals surface area contributed by atoms with E-state index in [0.717, 1.165) is 12.2 Å². The maximum absolute atomic E-state index is 12.7. The van der Waals surface area contributed by atoms with Crippen molar-refractivity contribution in [2.24, 2.45) is 0 Å². The number of thioether (sulfide) groups is 1. The number of amides is 1. The third kappa shape index (κ3) is 2.75. The van der Waals surface area contributed by atoms with Crippen LogP contribution in [0.25, 0.3) is 0 Å². The third-order valence-corrected chi connectivity index (χ3v) is 5.46. The Morgan fingerprint density at radius 1 is 1.50 bits per heavy atom. The molecule has 6 nitrogen and oxygen atoms in total. The van der Waals surface area contributed by atoms with Crippen LogP contribution in [-0.4, -0.2) is 58.7 Å². The fourth-order valence-corrected chi connectivity index (χ4v) is 4.36. The van der Waals surface area contributed by atoms with Crippen molar-refractivity contribution >= 4 is 23.6 Å². The molecule has 22 heavy (non-hydrogen) atoms. The molecule has 1 N–H and O–H groups in total. The molecule has 7 heteroatoms. The van der Waals surface area contributed by atoms with Gasteiger partial charge in [0.1, 0.15) is 11.3 Å². The van der Waals surface area contributed by atoms with Crippen LogP contribution in [0.5, 0.6) is 0 Å². The van der Waals surface area contributed by atoms with Crippen LogP contribution in [0.4, 0.5) is 0 Å². The highest BCUT2D eigenvalue weighted by Crippen LogP contribution is 2.31. The molecule has 2 aliphatic heterocycles. The van der Waals surface area contributed by atoms with E-state index in [1.165, 1.54) is 6.07 Å². The minimum Gasteiger partial charge on any atom is -0.478 e. The van der Waals surface area contributed by atoms with E-state index in [4.69, 9.17) is 9.15 Å². The molecule has 1 aromatic rings. The van der Waals surface area contributed by atoms with Crippen molar-refractivity contribution in [1.29, 1.82) is 0 Å². The topological polar surface area (TPSA) is 80.0 Å². The van der Waals surface area contributed by atoms with Gasteiger partial charge in [-0.15, -0.1) is 0 Å². The Morgan fingerprint density at radius 2 is 2.32 bits per heavy atom. The number of hydrogen-bond donors (Lipinski definition) is 1. The number of carboxylic acid groups (broad SMARTS) is 1. The summed E-state index contributed by atoms with van der Waals surface area (Å²) < 4.78 is 11.0. The van der Waals surface area contributed by atoms with Gasteiger partial charge in [0.15, 0.2) is 5.76 Å². The molecule has 120 valence electrons. The molecule has 0 aliphatic carbocycles. The van der Waals surface area contributed by atoms with Crippen LogP contribution in [0.3, 0.4) is 0 Å². The van der Waals surface area contributed by atoms with Crippen molar-refractivity contribution in [2.45, 2.75) is 31.1 Å². The van der Waals surface area contributed by atoms with Gasteiger partial charge in [0, 0.05) is 42.7 Å². The fraction of sp³-hybridized carbons (Fsp3) is 0.600. The van der Waals surface area contributed by atoms with E-state index in [0.29, 0.717) is 37.2 Å². The Morgan fingerprint density at radius 3 is 3.00 bits per heavy atom. The summed E-state index contributed by atoms with van der Waals surface area (Å²) in [6, 6.07) is 1.50. The molecule has 0 saturated carbocycles. The molecule has 0 spiro atoms. The standard InChI is InChI=1S/C15H19NO5S/c1-2-11-9(15(18)19)7-12(21-11)14(17)16-4-6-22-13-8-20-5-3-10(13)16/h7,10,13H,2-6,8H2,1H3,(H,18,19). The normalized spacial score (nSPS) is 24.9. The quantitative estimate of drug-likeness (QED) is 0.914. The second-order valence-corrected chi connectivity index (χ2v) is 6.79. The summed E-state index contributed by atoms with van der Waals surface area (Å²) in [6.07, 6.45) is 1.27. The molecular formula is C15H19NO5S. The van der Waals surface area contributed by atoms with E-state index >= 15 is 0 Å². The summed E-state index contributed by atoms with van der Waals surface area (Å²) in [5.74, 6) is 0.0815. The number of carbonyl (C=O) groups excluding carboxylic acids is 1. The number of fused-ring (bicyclic) bond motifs is 1. The Kier molecular flexibility index (Phi) is 4.44. The first-order valence-electron chi connectivity index (χ1n) is 7.48. The van der Waals surface area contributed by atoms with Crippen LogP contribution in [0.1, 0.15) is 40.0 Å². The van der Waals surface area contributed by atoms with Gasteiger partial charge in [-0.1, -0.05) is 6.92 Å². The minimum atomic E-state index is -1.06.